The van der Waals surface area contributed by atoms with Crippen molar-refractivity contribution in [2.24, 2.45) is 0 Å². The van der Waals surface area contributed by atoms with Crippen molar-refractivity contribution in [1.82, 2.24) is 4.90 Å². The fraction of sp³-hybridized carbons (Fsp3) is 0.364. The van der Waals surface area contributed by atoms with Crippen LogP contribution in [-0.4, -0.2) is 56.7 Å². The Hall–Kier alpha value is -2.77. The molecule has 0 bridgehead atoms. The van der Waals surface area contributed by atoms with Gasteiger partial charge in [-0.05, 0) is 55.3 Å². The Morgan fingerprint density at radius 1 is 1.23 bits per heavy atom. The van der Waals surface area contributed by atoms with E-state index in [0.717, 1.165) is 19.4 Å². The number of hydrogen-bond acceptors (Lipinski definition) is 5. The zero-order valence-electron chi connectivity index (χ0n) is 17.0. The highest BCUT2D eigenvalue weighted by Gasteiger charge is 2.18. The van der Waals surface area contributed by atoms with Crippen molar-refractivity contribution in [2.45, 2.75) is 18.9 Å². The van der Waals surface area contributed by atoms with Gasteiger partial charge in [-0.15, -0.1) is 0 Å². The Balaban J connectivity index is 1.53. The summed E-state index contributed by atoms with van der Waals surface area (Å²) in [6.07, 6.45) is 2.20. The lowest BCUT2D eigenvalue weighted by Gasteiger charge is -2.18. The molecule has 160 valence electrons. The predicted molar refractivity (Wildman–Crippen MR) is 115 cm³/mol. The number of likely N-dealkylation sites (N-methyl/N-ethyl adjacent to an activating group) is 1. The van der Waals surface area contributed by atoms with Gasteiger partial charge in [0.2, 0.25) is 5.91 Å². The van der Waals surface area contributed by atoms with Crippen LogP contribution in [0.25, 0.3) is 0 Å². The highest BCUT2D eigenvalue weighted by Crippen LogP contribution is 2.27. The van der Waals surface area contributed by atoms with Gasteiger partial charge in [0.05, 0.1) is 25.4 Å². The number of rotatable bonds is 8. The summed E-state index contributed by atoms with van der Waals surface area (Å²) in [5.41, 5.74) is 0.915. The molecule has 1 aliphatic heterocycles. The Bertz CT molecular complexity index is 882. The molecule has 0 radical (unpaired) electrons. The third-order valence-corrected chi connectivity index (χ3v) is 4.96. The van der Waals surface area contributed by atoms with Crippen LogP contribution in [-0.2, 0) is 9.53 Å². The van der Waals surface area contributed by atoms with Crippen LogP contribution in [0.4, 0.5) is 5.69 Å². The lowest BCUT2D eigenvalue weighted by molar-refractivity contribution is -0.116. The smallest absolute Gasteiger partial charge is 0.254 e. The minimum Gasteiger partial charge on any atom is -0.495 e. The van der Waals surface area contributed by atoms with Crippen LogP contribution >= 0.6 is 11.6 Å². The van der Waals surface area contributed by atoms with Crippen molar-refractivity contribution in [3.8, 4) is 11.5 Å². The second-order valence-electron chi connectivity index (χ2n) is 7.02. The van der Waals surface area contributed by atoms with E-state index in [1.807, 2.05) is 0 Å². The molecular formula is C22H25ClN2O5. The standard InChI is InChI=1S/C22H25ClN2O5/c1-25(13-21(26)24-19-12-16(23)7-10-20(19)28-2)22(27)15-5-8-17(9-6-15)30-14-18-4-3-11-29-18/h5-10,12,18H,3-4,11,13-14H2,1-2H3,(H,24,26). The number of benzene rings is 2. The monoisotopic (exact) mass is 432 g/mol. The third kappa shape index (κ3) is 5.87. The maximum atomic E-state index is 12.6. The lowest BCUT2D eigenvalue weighted by atomic mass is 10.2. The van der Waals surface area contributed by atoms with Crippen molar-refractivity contribution in [3.63, 3.8) is 0 Å². The van der Waals surface area contributed by atoms with Gasteiger partial charge in [0.25, 0.3) is 5.91 Å². The molecule has 1 atom stereocenters. The number of hydrogen-bond donors (Lipinski definition) is 1. The number of methoxy groups -OCH3 is 1. The van der Waals surface area contributed by atoms with Crippen molar-refractivity contribution < 1.29 is 23.8 Å². The van der Waals surface area contributed by atoms with Crippen LogP contribution in [0.15, 0.2) is 42.5 Å². The number of halogens is 1. The van der Waals surface area contributed by atoms with Gasteiger partial charge in [0, 0.05) is 24.2 Å². The summed E-state index contributed by atoms with van der Waals surface area (Å²) in [6.45, 7) is 1.16. The second-order valence-corrected chi connectivity index (χ2v) is 7.46. The van der Waals surface area contributed by atoms with E-state index in [1.54, 1.807) is 49.5 Å². The maximum Gasteiger partial charge on any atom is 0.254 e. The van der Waals surface area contributed by atoms with Gasteiger partial charge in [-0.3, -0.25) is 9.59 Å². The average molecular weight is 433 g/mol. The van der Waals surface area contributed by atoms with Crippen LogP contribution in [0.2, 0.25) is 5.02 Å². The number of carbonyl (C=O) groups excluding carboxylic acids is 2. The van der Waals surface area contributed by atoms with Gasteiger partial charge >= 0.3 is 0 Å². The maximum absolute atomic E-state index is 12.6. The van der Waals surface area contributed by atoms with E-state index in [0.29, 0.717) is 34.4 Å². The third-order valence-electron chi connectivity index (χ3n) is 4.72. The van der Waals surface area contributed by atoms with Gasteiger partial charge in [-0.2, -0.15) is 0 Å². The summed E-state index contributed by atoms with van der Waals surface area (Å²) in [6, 6.07) is 11.8. The van der Waals surface area contributed by atoms with Gasteiger partial charge in [0.1, 0.15) is 18.1 Å². The number of nitrogens with one attached hydrogen (secondary N) is 1. The molecule has 1 aliphatic rings. The number of ether oxygens (including phenoxy) is 3. The molecule has 2 aromatic rings. The summed E-state index contributed by atoms with van der Waals surface area (Å²) in [4.78, 5) is 26.3. The van der Waals surface area contributed by atoms with E-state index in [9.17, 15) is 9.59 Å². The molecular weight excluding hydrogens is 408 g/mol. The Morgan fingerprint density at radius 3 is 2.67 bits per heavy atom. The first-order valence-electron chi connectivity index (χ1n) is 9.69. The first kappa shape index (κ1) is 21.9. The van der Waals surface area contributed by atoms with E-state index in [-0.39, 0.29) is 24.5 Å². The molecule has 1 N–H and O–H groups in total. The molecule has 2 aromatic carbocycles. The van der Waals surface area contributed by atoms with E-state index >= 15 is 0 Å². The van der Waals surface area contributed by atoms with Gasteiger partial charge in [0.15, 0.2) is 0 Å². The van der Waals surface area contributed by atoms with E-state index < -0.39 is 0 Å². The quantitative estimate of drug-likeness (QED) is 0.689. The van der Waals surface area contributed by atoms with Crippen LogP contribution in [0.3, 0.4) is 0 Å². The van der Waals surface area contributed by atoms with Crippen molar-refractivity contribution >= 4 is 29.1 Å². The molecule has 1 fully saturated rings. The molecule has 3 rings (SSSR count). The number of carbonyl (C=O) groups is 2. The summed E-state index contributed by atoms with van der Waals surface area (Å²) in [7, 11) is 3.07. The van der Waals surface area contributed by atoms with Crippen molar-refractivity contribution in [3.05, 3.63) is 53.1 Å². The van der Waals surface area contributed by atoms with Crippen LogP contribution in [0, 0.1) is 0 Å². The molecule has 1 heterocycles. The minimum atomic E-state index is -0.358. The average Bonchev–Trinajstić information content (AvgIpc) is 3.26. The molecule has 0 saturated carbocycles. The SMILES string of the molecule is COc1ccc(Cl)cc1NC(=O)CN(C)C(=O)c1ccc(OCC2CCCO2)cc1. The molecule has 1 unspecified atom stereocenters. The summed E-state index contributed by atoms with van der Waals surface area (Å²) < 4.78 is 16.5. The normalized spacial score (nSPS) is 15.5. The fourth-order valence-electron chi connectivity index (χ4n) is 3.13. The van der Waals surface area contributed by atoms with Gasteiger partial charge in [-0.25, -0.2) is 0 Å². The first-order valence-corrected chi connectivity index (χ1v) is 10.1. The minimum absolute atomic E-state index is 0.119. The molecule has 0 aliphatic carbocycles. The van der Waals surface area contributed by atoms with Gasteiger partial charge in [-0.1, -0.05) is 11.6 Å². The van der Waals surface area contributed by atoms with E-state index in [4.69, 9.17) is 25.8 Å². The second kappa shape index (κ2) is 10.3. The fourth-order valence-corrected chi connectivity index (χ4v) is 3.31. The highest BCUT2D eigenvalue weighted by atomic mass is 35.5. The largest absolute Gasteiger partial charge is 0.495 e. The van der Waals surface area contributed by atoms with Crippen molar-refractivity contribution in [1.29, 1.82) is 0 Å². The molecule has 0 spiro atoms. The molecule has 2 amide bonds. The Morgan fingerprint density at radius 2 is 2.00 bits per heavy atom. The van der Waals surface area contributed by atoms with Crippen LogP contribution < -0.4 is 14.8 Å². The first-order chi connectivity index (χ1) is 14.5. The Labute approximate surface area is 180 Å². The molecule has 7 nitrogen and oxygen atoms in total. The van der Waals surface area contributed by atoms with Crippen molar-refractivity contribution in [2.75, 3.05) is 39.2 Å². The zero-order valence-corrected chi connectivity index (χ0v) is 17.8. The molecule has 8 heteroatoms. The molecule has 1 saturated heterocycles. The molecule has 0 aromatic heterocycles. The number of anilines is 1. The van der Waals surface area contributed by atoms with E-state index in [2.05, 4.69) is 5.32 Å². The molecule has 30 heavy (non-hydrogen) atoms. The lowest BCUT2D eigenvalue weighted by Crippen LogP contribution is -2.35. The zero-order chi connectivity index (χ0) is 21.5. The topological polar surface area (TPSA) is 77.1 Å². The van der Waals surface area contributed by atoms with Crippen LogP contribution in [0.1, 0.15) is 23.2 Å². The predicted octanol–water partition coefficient (Wildman–Crippen LogP) is 3.62. The van der Waals surface area contributed by atoms with Crippen LogP contribution in [0.5, 0.6) is 11.5 Å². The van der Waals surface area contributed by atoms with E-state index in [1.165, 1.54) is 12.0 Å². The summed E-state index contributed by atoms with van der Waals surface area (Å²) in [5.74, 6) is 0.535. The Kier molecular flexibility index (Phi) is 7.54. The highest BCUT2D eigenvalue weighted by molar-refractivity contribution is 6.31. The summed E-state index contributed by atoms with van der Waals surface area (Å²) >= 11 is 5.98. The number of nitrogens with zero attached hydrogens (tertiary/aromatic N) is 1. The summed E-state index contributed by atoms with van der Waals surface area (Å²) in [5, 5.41) is 3.19. The van der Waals surface area contributed by atoms with Gasteiger partial charge < -0.3 is 24.4 Å². The number of amides is 2.